The minimum absolute atomic E-state index is 0.243. The summed E-state index contributed by atoms with van der Waals surface area (Å²) in [6, 6.07) is 18.5. The largest absolute Gasteiger partial charge is 0.496 e. The lowest BCUT2D eigenvalue weighted by molar-refractivity contribution is 0.410. The first-order valence-corrected chi connectivity index (χ1v) is 7.42. The van der Waals surface area contributed by atoms with Crippen LogP contribution in [0.5, 0.6) is 5.75 Å². The molecule has 0 saturated heterocycles. The Labute approximate surface area is 136 Å². The van der Waals surface area contributed by atoms with E-state index >= 15 is 0 Å². The van der Waals surface area contributed by atoms with Gasteiger partial charge in [0.2, 0.25) is 0 Å². The minimum Gasteiger partial charge on any atom is -0.496 e. The van der Waals surface area contributed by atoms with Crippen LogP contribution in [0.25, 0.3) is 27.4 Å². The number of rotatable bonds is 2. The van der Waals surface area contributed by atoms with E-state index in [0.29, 0.717) is 17.0 Å². The third-order valence-electron chi connectivity index (χ3n) is 4.04. The molecule has 0 amide bonds. The maximum Gasteiger partial charge on any atom is 0.426 e. The van der Waals surface area contributed by atoms with Gasteiger partial charge in [0.15, 0.2) is 0 Å². The number of fused-ring (bicyclic) bond motifs is 2. The van der Waals surface area contributed by atoms with Crippen LogP contribution >= 0.6 is 0 Å². The van der Waals surface area contributed by atoms with Gasteiger partial charge in [-0.15, -0.1) is 0 Å². The average molecular weight is 319 g/mol. The van der Waals surface area contributed by atoms with Crippen molar-refractivity contribution in [2.75, 3.05) is 7.11 Å². The molecule has 4 rings (SSSR count). The van der Waals surface area contributed by atoms with Crippen molar-refractivity contribution < 1.29 is 9.15 Å². The monoisotopic (exact) mass is 319 g/mol. The third kappa shape index (κ3) is 2.02. The SMILES string of the molecule is COc1cccc2c1c(=O)oc(=O)n2-c1cccc2ccccc12. The van der Waals surface area contributed by atoms with Crippen LogP contribution in [0.2, 0.25) is 0 Å². The summed E-state index contributed by atoms with van der Waals surface area (Å²) in [4.78, 5) is 24.6. The highest BCUT2D eigenvalue weighted by molar-refractivity contribution is 5.93. The average Bonchev–Trinajstić information content (AvgIpc) is 2.61. The van der Waals surface area contributed by atoms with Gasteiger partial charge in [-0.2, -0.15) is 0 Å². The molecule has 3 aromatic carbocycles. The molecule has 5 nitrogen and oxygen atoms in total. The molecular weight excluding hydrogens is 306 g/mol. The molecule has 0 N–H and O–H groups in total. The van der Waals surface area contributed by atoms with Crippen LogP contribution in [-0.4, -0.2) is 11.7 Å². The lowest BCUT2D eigenvalue weighted by Gasteiger charge is -2.12. The van der Waals surface area contributed by atoms with Crippen molar-refractivity contribution >= 4 is 21.7 Å². The normalized spacial score (nSPS) is 11.0. The van der Waals surface area contributed by atoms with E-state index in [4.69, 9.17) is 9.15 Å². The first-order valence-electron chi connectivity index (χ1n) is 7.42. The van der Waals surface area contributed by atoms with Gasteiger partial charge >= 0.3 is 11.4 Å². The maximum atomic E-state index is 12.5. The molecule has 1 aromatic heterocycles. The Kier molecular flexibility index (Phi) is 3.20. The van der Waals surface area contributed by atoms with E-state index in [1.807, 2.05) is 42.5 Å². The summed E-state index contributed by atoms with van der Waals surface area (Å²) in [5.41, 5.74) is 0.399. The standard InChI is InChI=1S/C19H13NO4/c1-23-16-11-5-10-15-17(16)18(21)24-19(22)20(15)14-9-4-7-12-6-2-3-8-13(12)14/h2-11H,1H3. The number of benzene rings is 3. The molecule has 0 spiro atoms. The number of hydrogen-bond acceptors (Lipinski definition) is 4. The Morgan fingerprint density at radius 3 is 2.50 bits per heavy atom. The summed E-state index contributed by atoms with van der Waals surface area (Å²) in [7, 11) is 1.47. The molecule has 0 atom stereocenters. The van der Waals surface area contributed by atoms with Crippen LogP contribution < -0.4 is 16.1 Å². The van der Waals surface area contributed by atoms with Crippen LogP contribution in [0.15, 0.2) is 74.7 Å². The van der Waals surface area contributed by atoms with Crippen molar-refractivity contribution in [1.82, 2.24) is 4.57 Å². The highest BCUT2D eigenvalue weighted by Crippen LogP contribution is 2.26. The van der Waals surface area contributed by atoms with E-state index in [1.165, 1.54) is 11.7 Å². The molecule has 0 unspecified atom stereocenters. The van der Waals surface area contributed by atoms with Crippen LogP contribution in [-0.2, 0) is 0 Å². The van der Waals surface area contributed by atoms with Crippen molar-refractivity contribution in [3.63, 3.8) is 0 Å². The van der Waals surface area contributed by atoms with Crippen LogP contribution in [0.4, 0.5) is 0 Å². The Morgan fingerprint density at radius 1 is 0.917 bits per heavy atom. The quantitative estimate of drug-likeness (QED) is 0.569. The van der Waals surface area contributed by atoms with E-state index < -0.39 is 11.4 Å². The van der Waals surface area contributed by atoms with Crippen molar-refractivity contribution in [3.05, 3.63) is 81.6 Å². The van der Waals surface area contributed by atoms with Crippen molar-refractivity contribution in [1.29, 1.82) is 0 Å². The second kappa shape index (κ2) is 5.38. The molecule has 5 heteroatoms. The highest BCUT2D eigenvalue weighted by atomic mass is 16.5. The van der Waals surface area contributed by atoms with E-state index in [2.05, 4.69) is 0 Å². The van der Waals surface area contributed by atoms with Crippen molar-refractivity contribution in [2.45, 2.75) is 0 Å². The van der Waals surface area contributed by atoms with Gasteiger partial charge in [-0.25, -0.2) is 14.2 Å². The topological polar surface area (TPSA) is 61.4 Å². The Balaban J connectivity index is 2.22. The number of methoxy groups -OCH3 is 1. The predicted molar refractivity (Wildman–Crippen MR) is 92.1 cm³/mol. The van der Waals surface area contributed by atoms with Gasteiger partial charge in [0.1, 0.15) is 11.1 Å². The Bertz CT molecular complexity index is 1180. The fourth-order valence-electron chi connectivity index (χ4n) is 2.99. The third-order valence-corrected chi connectivity index (χ3v) is 4.04. The molecule has 0 aliphatic heterocycles. The van der Waals surface area contributed by atoms with Gasteiger partial charge in [-0.1, -0.05) is 42.5 Å². The van der Waals surface area contributed by atoms with E-state index in [0.717, 1.165) is 10.8 Å². The van der Waals surface area contributed by atoms with Gasteiger partial charge < -0.3 is 9.15 Å². The maximum absolute atomic E-state index is 12.5. The van der Waals surface area contributed by atoms with Crippen molar-refractivity contribution in [2.24, 2.45) is 0 Å². The summed E-state index contributed by atoms with van der Waals surface area (Å²) in [5, 5.41) is 2.12. The first-order chi connectivity index (χ1) is 11.7. The highest BCUT2D eigenvalue weighted by Gasteiger charge is 2.16. The van der Waals surface area contributed by atoms with Crippen LogP contribution in [0.1, 0.15) is 0 Å². The molecule has 0 aliphatic carbocycles. The van der Waals surface area contributed by atoms with E-state index in [-0.39, 0.29) is 5.39 Å². The molecule has 0 saturated carbocycles. The van der Waals surface area contributed by atoms with Crippen molar-refractivity contribution in [3.8, 4) is 11.4 Å². The zero-order valence-corrected chi connectivity index (χ0v) is 12.9. The molecule has 0 radical (unpaired) electrons. The first kappa shape index (κ1) is 14.3. The van der Waals surface area contributed by atoms with Gasteiger partial charge in [-0.3, -0.25) is 0 Å². The lowest BCUT2D eigenvalue weighted by Crippen LogP contribution is -2.24. The molecule has 0 fully saturated rings. The number of aromatic nitrogens is 1. The fourth-order valence-corrected chi connectivity index (χ4v) is 2.99. The summed E-state index contributed by atoms with van der Waals surface area (Å²) in [5.74, 6) is -0.354. The molecule has 4 aromatic rings. The van der Waals surface area contributed by atoms with Gasteiger partial charge in [0.05, 0.1) is 18.3 Å². The fraction of sp³-hybridized carbons (Fsp3) is 0.0526. The zero-order chi connectivity index (χ0) is 16.7. The number of hydrogen-bond donors (Lipinski definition) is 0. The molecule has 0 aliphatic rings. The van der Waals surface area contributed by atoms with Gasteiger partial charge in [-0.05, 0) is 23.6 Å². The predicted octanol–water partition coefficient (Wildman–Crippen LogP) is 3.11. The second-order valence-electron chi connectivity index (χ2n) is 5.34. The molecule has 24 heavy (non-hydrogen) atoms. The molecule has 0 bridgehead atoms. The molecule has 118 valence electrons. The number of ether oxygens (including phenoxy) is 1. The van der Waals surface area contributed by atoms with Crippen LogP contribution in [0.3, 0.4) is 0 Å². The van der Waals surface area contributed by atoms with Gasteiger partial charge in [0, 0.05) is 5.39 Å². The molecular formula is C19H13NO4. The minimum atomic E-state index is -0.725. The van der Waals surface area contributed by atoms with E-state index in [9.17, 15) is 9.59 Å². The smallest absolute Gasteiger partial charge is 0.426 e. The second-order valence-corrected chi connectivity index (χ2v) is 5.34. The Hall–Kier alpha value is -3.34. The summed E-state index contributed by atoms with van der Waals surface area (Å²) < 4.78 is 11.6. The summed E-state index contributed by atoms with van der Waals surface area (Å²) >= 11 is 0. The van der Waals surface area contributed by atoms with Crippen LogP contribution in [0, 0.1) is 0 Å². The lowest BCUT2D eigenvalue weighted by atomic mass is 10.1. The summed E-state index contributed by atoms with van der Waals surface area (Å²) in [6.45, 7) is 0. The zero-order valence-electron chi connectivity index (χ0n) is 12.9. The summed E-state index contributed by atoms with van der Waals surface area (Å²) in [6.07, 6.45) is 0. The van der Waals surface area contributed by atoms with Gasteiger partial charge in [0.25, 0.3) is 0 Å². The van der Waals surface area contributed by atoms with E-state index in [1.54, 1.807) is 18.2 Å². The number of nitrogens with zero attached hydrogens (tertiary/aromatic N) is 1. The molecule has 1 heterocycles. The Morgan fingerprint density at radius 2 is 1.67 bits per heavy atom.